The van der Waals surface area contributed by atoms with Crippen molar-refractivity contribution >= 4 is 45.2 Å². The molecule has 0 aromatic rings. The fourth-order valence-corrected chi connectivity index (χ4v) is 6.73. The molecule has 0 aliphatic carbocycles. The number of hydrogen-bond donors (Lipinski definition) is 0. The van der Waals surface area contributed by atoms with Crippen LogP contribution < -0.4 is 0 Å². The predicted molar refractivity (Wildman–Crippen MR) is 194 cm³/mol. The van der Waals surface area contributed by atoms with Crippen molar-refractivity contribution in [3.05, 3.63) is 0 Å². The Hall–Kier alpha value is 1.46. The van der Waals surface area contributed by atoms with Crippen molar-refractivity contribution in [3.63, 3.8) is 0 Å². The molecule has 38 heavy (non-hydrogen) atoms. The third-order valence-electron chi connectivity index (χ3n) is 8.53. The van der Waals surface area contributed by atoms with Crippen LogP contribution in [0.3, 0.4) is 0 Å². The molecular formula is C36H72I2. The Kier molecular flexibility index (Phi) is 37.9. The maximum absolute atomic E-state index is 2.54. The summed E-state index contributed by atoms with van der Waals surface area (Å²) < 4.78 is 0.837. The average Bonchev–Trinajstić information content (AvgIpc) is 2.91. The van der Waals surface area contributed by atoms with Crippen molar-refractivity contribution in [2.45, 2.75) is 227 Å². The lowest BCUT2D eigenvalue weighted by Gasteiger charge is -2.05. The lowest BCUT2D eigenvalue weighted by Crippen LogP contribution is -1.86. The molecule has 0 saturated carbocycles. The Balaban J connectivity index is 3.02. The van der Waals surface area contributed by atoms with Crippen molar-refractivity contribution in [2.75, 3.05) is 0 Å². The molecule has 230 valence electrons. The summed E-state index contributed by atoms with van der Waals surface area (Å²) in [6.07, 6.45) is 50.3. The van der Waals surface area contributed by atoms with Gasteiger partial charge in [0.05, 0.1) is 1.93 Å². The van der Waals surface area contributed by atoms with E-state index in [1.54, 1.807) is 0 Å². The lowest BCUT2D eigenvalue weighted by atomic mass is 10.0. The second-order valence-corrected chi connectivity index (χ2v) is 17.9. The molecule has 0 radical (unpaired) electrons. The van der Waals surface area contributed by atoms with Crippen LogP contribution in [0, 0.1) is 0 Å². The van der Waals surface area contributed by atoms with E-state index in [0.29, 0.717) is 0 Å². The van der Waals surface area contributed by atoms with Crippen molar-refractivity contribution in [2.24, 2.45) is 0 Å². The molecule has 0 unspecified atom stereocenters. The zero-order valence-corrected chi connectivity index (χ0v) is 30.7. The van der Waals surface area contributed by atoms with Crippen LogP contribution in [0.2, 0.25) is 0 Å². The fraction of sp³-hybridized carbons (Fsp3) is 1.00. The number of halogens is 2. The van der Waals surface area contributed by atoms with Gasteiger partial charge in [0.2, 0.25) is 0 Å². The zero-order chi connectivity index (χ0) is 27.6. The van der Waals surface area contributed by atoms with Gasteiger partial charge >= 0.3 is 0 Å². The largest absolute Gasteiger partial charge is 0.0710 e. The lowest BCUT2D eigenvalue weighted by molar-refractivity contribution is 0.511. The molecule has 0 aliphatic rings. The molecule has 2 heteroatoms. The van der Waals surface area contributed by atoms with Gasteiger partial charge in [0.1, 0.15) is 0 Å². The highest BCUT2D eigenvalue weighted by atomic mass is 127. The van der Waals surface area contributed by atoms with Gasteiger partial charge in [-0.25, -0.2) is 0 Å². The third kappa shape index (κ3) is 37.5. The summed E-state index contributed by atoms with van der Waals surface area (Å²) in [5, 5.41) is 0. The first kappa shape index (κ1) is 39.5. The molecule has 0 aromatic carbocycles. The van der Waals surface area contributed by atoms with E-state index >= 15 is 0 Å². The van der Waals surface area contributed by atoms with E-state index < -0.39 is 0 Å². The van der Waals surface area contributed by atoms with Gasteiger partial charge in [0, 0.05) is 0 Å². The molecule has 0 nitrogen and oxygen atoms in total. The molecule has 0 heterocycles. The molecule has 0 spiro atoms. The van der Waals surface area contributed by atoms with Gasteiger partial charge in [0.25, 0.3) is 0 Å². The summed E-state index contributed by atoms with van der Waals surface area (Å²) in [5.74, 6) is 0. The van der Waals surface area contributed by atoms with Crippen LogP contribution in [0.15, 0.2) is 0 Å². The van der Waals surface area contributed by atoms with E-state index in [9.17, 15) is 0 Å². The molecule has 0 rings (SSSR count). The quantitative estimate of drug-likeness (QED) is 0.0348. The number of unbranched alkanes of at least 4 members (excludes halogenated alkanes) is 32. The van der Waals surface area contributed by atoms with Crippen LogP contribution in [0.5, 0.6) is 0 Å². The van der Waals surface area contributed by atoms with Gasteiger partial charge in [-0.1, -0.05) is 264 Å². The SMILES string of the molecule is CCCCCCCCCCCCCCCCCCCCCCCCCCCCCCCCCCCC(I)I. The Morgan fingerprint density at radius 3 is 0.579 bits per heavy atom. The molecule has 0 amide bonds. The normalized spacial score (nSPS) is 11.7. The maximum atomic E-state index is 2.54. The Morgan fingerprint density at radius 2 is 0.421 bits per heavy atom. The summed E-state index contributed by atoms with van der Waals surface area (Å²) in [5.41, 5.74) is 0. The van der Waals surface area contributed by atoms with Crippen LogP contribution in [0.4, 0.5) is 0 Å². The summed E-state index contributed by atoms with van der Waals surface area (Å²) >= 11 is 5.09. The smallest absolute Gasteiger partial charge is 0.0626 e. The second kappa shape index (κ2) is 36.5. The van der Waals surface area contributed by atoms with Crippen molar-refractivity contribution in [1.29, 1.82) is 0 Å². The minimum absolute atomic E-state index is 0.837. The van der Waals surface area contributed by atoms with Crippen LogP contribution in [-0.4, -0.2) is 1.93 Å². The third-order valence-corrected chi connectivity index (χ3v) is 9.77. The Morgan fingerprint density at radius 1 is 0.263 bits per heavy atom. The first-order chi connectivity index (χ1) is 18.8. The van der Waals surface area contributed by atoms with Crippen molar-refractivity contribution in [3.8, 4) is 0 Å². The molecule has 0 fully saturated rings. The molecule has 0 N–H and O–H groups in total. The summed E-state index contributed by atoms with van der Waals surface area (Å²) in [6, 6.07) is 0. The van der Waals surface area contributed by atoms with E-state index in [2.05, 4.69) is 52.1 Å². The minimum Gasteiger partial charge on any atom is -0.0710 e. The molecule has 0 aromatic heterocycles. The number of rotatable bonds is 34. The maximum Gasteiger partial charge on any atom is 0.0626 e. The van der Waals surface area contributed by atoms with Crippen molar-refractivity contribution in [1.82, 2.24) is 0 Å². The Bertz CT molecular complexity index is 395. The Labute approximate surface area is 270 Å². The van der Waals surface area contributed by atoms with Gasteiger partial charge in [-0.2, -0.15) is 0 Å². The highest BCUT2D eigenvalue weighted by molar-refractivity contribution is 14.2. The van der Waals surface area contributed by atoms with E-state index in [1.807, 2.05) is 0 Å². The summed E-state index contributed by atoms with van der Waals surface area (Å²) in [7, 11) is 0. The zero-order valence-electron chi connectivity index (χ0n) is 26.4. The molecule has 0 bridgehead atoms. The van der Waals surface area contributed by atoms with E-state index in [-0.39, 0.29) is 0 Å². The summed E-state index contributed by atoms with van der Waals surface area (Å²) in [4.78, 5) is 0. The van der Waals surface area contributed by atoms with Crippen LogP contribution in [0.25, 0.3) is 0 Å². The van der Waals surface area contributed by atoms with E-state index in [1.165, 1.54) is 218 Å². The molecule has 0 atom stereocenters. The molecule has 0 saturated heterocycles. The van der Waals surface area contributed by atoms with Gasteiger partial charge < -0.3 is 0 Å². The first-order valence-corrected chi connectivity index (χ1v) is 20.5. The van der Waals surface area contributed by atoms with Crippen LogP contribution in [-0.2, 0) is 0 Å². The van der Waals surface area contributed by atoms with Crippen LogP contribution in [0.1, 0.15) is 225 Å². The highest BCUT2D eigenvalue weighted by Gasteiger charge is 1.98. The second-order valence-electron chi connectivity index (χ2n) is 12.5. The van der Waals surface area contributed by atoms with E-state index in [0.717, 1.165) is 1.93 Å². The predicted octanol–water partition coefficient (Wildman–Crippen LogP) is 15.5. The number of alkyl halides is 2. The van der Waals surface area contributed by atoms with Gasteiger partial charge in [-0.05, 0) is 6.42 Å². The van der Waals surface area contributed by atoms with Crippen molar-refractivity contribution < 1.29 is 0 Å². The first-order valence-electron chi connectivity index (χ1n) is 18.1. The molecular weight excluding hydrogens is 686 g/mol. The van der Waals surface area contributed by atoms with Crippen LogP contribution >= 0.6 is 45.2 Å². The summed E-state index contributed by atoms with van der Waals surface area (Å²) in [6.45, 7) is 2.31. The minimum atomic E-state index is 0.837. The molecule has 0 aliphatic heterocycles. The monoisotopic (exact) mass is 758 g/mol. The van der Waals surface area contributed by atoms with Gasteiger partial charge in [-0.15, -0.1) is 0 Å². The van der Waals surface area contributed by atoms with Gasteiger partial charge in [-0.3, -0.25) is 0 Å². The number of hydrogen-bond acceptors (Lipinski definition) is 0. The average molecular weight is 759 g/mol. The standard InChI is InChI=1S/C36H72I2/c1-2-3-4-5-6-7-8-9-10-11-12-13-14-15-16-17-18-19-20-21-22-23-24-25-26-27-28-29-30-31-32-33-34-35-36(37)38/h36H,2-35H2,1H3. The topological polar surface area (TPSA) is 0 Å². The van der Waals surface area contributed by atoms with Gasteiger partial charge in [0.15, 0.2) is 0 Å². The highest BCUT2D eigenvalue weighted by Crippen LogP contribution is 2.19. The van der Waals surface area contributed by atoms with E-state index in [4.69, 9.17) is 0 Å². The fourth-order valence-electron chi connectivity index (χ4n) is 5.85.